The SMILES string of the molecule is CN1C(=O)N(c2ccc(Cl)cc2)C(NC(=O)Nc2cccc(Cl)c2)C1(C)C. The zero-order valence-electron chi connectivity index (χ0n) is 15.2. The predicted molar refractivity (Wildman–Crippen MR) is 109 cm³/mol. The number of nitrogens with one attached hydrogen (secondary N) is 2. The molecule has 0 aromatic heterocycles. The highest BCUT2D eigenvalue weighted by Gasteiger charge is 2.51. The quantitative estimate of drug-likeness (QED) is 0.768. The lowest BCUT2D eigenvalue weighted by atomic mass is 10.0. The van der Waals surface area contributed by atoms with Gasteiger partial charge in [0.25, 0.3) is 0 Å². The average Bonchev–Trinajstić information content (AvgIpc) is 2.76. The van der Waals surface area contributed by atoms with E-state index in [1.807, 2.05) is 13.8 Å². The van der Waals surface area contributed by atoms with Crippen molar-refractivity contribution in [3.8, 4) is 0 Å². The summed E-state index contributed by atoms with van der Waals surface area (Å²) in [6, 6.07) is 13.1. The van der Waals surface area contributed by atoms with Gasteiger partial charge in [0.15, 0.2) is 0 Å². The number of hydrogen-bond acceptors (Lipinski definition) is 2. The standard InChI is InChI=1S/C19H20Cl2N4O2/c1-19(2)16(23-17(26)22-14-6-4-5-13(21)11-14)25(18(27)24(19)3)15-9-7-12(20)8-10-15/h4-11,16H,1-3H3,(H2,22,23,26). The topological polar surface area (TPSA) is 64.7 Å². The predicted octanol–water partition coefficient (Wildman–Crippen LogP) is 4.79. The van der Waals surface area contributed by atoms with Crippen LogP contribution in [0.4, 0.5) is 21.0 Å². The van der Waals surface area contributed by atoms with Gasteiger partial charge in [0.05, 0.1) is 5.54 Å². The molecule has 2 aromatic carbocycles. The summed E-state index contributed by atoms with van der Waals surface area (Å²) in [6.07, 6.45) is -0.588. The van der Waals surface area contributed by atoms with Gasteiger partial charge in [-0.1, -0.05) is 29.3 Å². The van der Waals surface area contributed by atoms with Gasteiger partial charge in [-0.25, -0.2) is 9.59 Å². The number of anilines is 2. The van der Waals surface area contributed by atoms with Crippen molar-refractivity contribution < 1.29 is 9.59 Å². The molecule has 6 nitrogen and oxygen atoms in total. The van der Waals surface area contributed by atoms with E-state index in [1.165, 1.54) is 0 Å². The summed E-state index contributed by atoms with van der Waals surface area (Å²) in [5, 5.41) is 6.74. The fourth-order valence-electron chi connectivity index (χ4n) is 2.98. The number of amides is 4. The van der Waals surface area contributed by atoms with Crippen molar-refractivity contribution >= 4 is 46.6 Å². The summed E-state index contributed by atoms with van der Waals surface area (Å²) < 4.78 is 0. The van der Waals surface area contributed by atoms with Gasteiger partial charge in [-0.2, -0.15) is 0 Å². The van der Waals surface area contributed by atoms with Crippen LogP contribution in [0.25, 0.3) is 0 Å². The molecular formula is C19H20Cl2N4O2. The molecule has 0 aliphatic carbocycles. The number of nitrogens with zero attached hydrogens (tertiary/aromatic N) is 2. The minimum absolute atomic E-state index is 0.213. The van der Waals surface area contributed by atoms with Crippen LogP contribution in [0, 0.1) is 0 Å². The third kappa shape index (κ3) is 3.82. The number of carbonyl (C=O) groups is 2. The van der Waals surface area contributed by atoms with Crippen LogP contribution in [0.5, 0.6) is 0 Å². The molecule has 1 unspecified atom stereocenters. The molecule has 1 aliphatic heterocycles. The molecule has 1 fully saturated rings. The molecule has 0 saturated carbocycles. The van der Waals surface area contributed by atoms with E-state index in [0.717, 1.165) is 0 Å². The van der Waals surface area contributed by atoms with E-state index in [2.05, 4.69) is 10.6 Å². The zero-order chi connectivity index (χ0) is 19.8. The normalized spacial score (nSPS) is 18.6. The minimum atomic E-state index is -0.637. The Morgan fingerprint density at radius 2 is 1.74 bits per heavy atom. The summed E-state index contributed by atoms with van der Waals surface area (Å²) in [5.41, 5.74) is 0.575. The number of hydrogen-bond donors (Lipinski definition) is 2. The molecule has 0 bridgehead atoms. The number of halogens is 2. The Balaban J connectivity index is 1.86. The van der Waals surface area contributed by atoms with Crippen molar-refractivity contribution in [2.45, 2.75) is 25.6 Å². The van der Waals surface area contributed by atoms with Crippen LogP contribution in [0.15, 0.2) is 48.5 Å². The van der Waals surface area contributed by atoms with E-state index in [0.29, 0.717) is 21.4 Å². The summed E-state index contributed by atoms with van der Waals surface area (Å²) in [7, 11) is 1.71. The Hall–Kier alpha value is -2.44. The maximum atomic E-state index is 12.8. The lowest BCUT2D eigenvalue weighted by molar-refractivity contribution is 0.180. The summed E-state index contributed by atoms with van der Waals surface area (Å²) >= 11 is 11.9. The molecule has 4 amide bonds. The van der Waals surface area contributed by atoms with Crippen molar-refractivity contribution in [2.75, 3.05) is 17.3 Å². The largest absolute Gasteiger partial charge is 0.326 e. The highest BCUT2D eigenvalue weighted by Crippen LogP contribution is 2.34. The molecule has 27 heavy (non-hydrogen) atoms. The fraction of sp³-hybridized carbons (Fsp3) is 0.263. The summed E-state index contributed by atoms with van der Waals surface area (Å²) in [6.45, 7) is 3.79. The second-order valence-electron chi connectivity index (χ2n) is 6.85. The van der Waals surface area contributed by atoms with Gasteiger partial charge < -0.3 is 15.5 Å². The monoisotopic (exact) mass is 406 g/mol. The minimum Gasteiger partial charge on any atom is -0.318 e. The molecule has 1 atom stereocenters. The Labute approximate surface area is 168 Å². The molecule has 8 heteroatoms. The van der Waals surface area contributed by atoms with Crippen LogP contribution >= 0.6 is 23.2 Å². The van der Waals surface area contributed by atoms with E-state index >= 15 is 0 Å². The van der Waals surface area contributed by atoms with Gasteiger partial charge in [0.2, 0.25) is 0 Å². The first kappa shape index (κ1) is 19.3. The van der Waals surface area contributed by atoms with E-state index in [-0.39, 0.29) is 6.03 Å². The van der Waals surface area contributed by atoms with Gasteiger partial charge in [-0.05, 0) is 56.3 Å². The average molecular weight is 407 g/mol. The van der Waals surface area contributed by atoms with Crippen molar-refractivity contribution in [1.82, 2.24) is 10.2 Å². The van der Waals surface area contributed by atoms with Gasteiger partial charge in [0.1, 0.15) is 6.17 Å². The Kier molecular flexibility index (Phi) is 5.22. The Bertz CT molecular complexity index is 870. The van der Waals surface area contributed by atoms with E-state index in [1.54, 1.807) is 65.4 Å². The van der Waals surface area contributed by atoms with Gasteiger partial charge in [-0.3, -0.25) is 4.90 Å². The van der Waals surface area contributed by atoms with Crippen LogP contribution < -0.4 is 15.5 Å². The smallest absolute Gasteiger partial charge is 0.318 e. The van der Waals surface area contributed by atoms with Crippen LogP contribution in [-0.4, -0.2) is 35.7 Å². The van der Waals surface area contributed by atoms with Crippen LogP contribution in [0.2, 0.25) is 10.0 Å². The third-order valence-corrected chi connectivity index (χ3v) is 5.23. The molecule has 2 N–H and O–H groups in total. The zero-order valence-corrected chi connectivity index (χ0v) is 16.7. The maximum Gasteiger partial charge on any atom is 0.326 e. The van der Waals surface area contributed by atoms with Gasteiger partial charge >= 0.3 is 12.1 Å². The number of rotatable bonds is 3. The van der Waals surface area contributed by atoms with Crippen molar-refractivity contribution in [1.29, 1.82) is 0 Å². The molecule has 2 aromatic rings. The highest BCUT2D eigenvalue weighted by atomic mass is 35.5. The lowest BCUT2D eigenvalue weighted by Crippen LogP contribution is -2.56. The second-order valence-corrected chi connectivity index (χ2v) is 7.73. The fourth-order valence-corrected chi connectivity index (χ4v) is 3.29. The molecule has 142 valence electrons. The summed E-state index contributed by atoms with van der Waals surface area (Å²) in [4.78, 5) is 28.6. The lowest BCUT2D eigenvalue weighted by Gasteiger charge is -2.33. The number of urea groups is 2. The molecule has 0 radical (unpaired) electrons. The van der Waals surface area contributed by atoms with E-state index < -0.39 is 17.7 Å². The van der Waals surface area contributed by atoms with Gasteiger partial charge in [0, 0.05) is 28.5 Å². The van der Waals surface area contributed by atoms with Crippen LogP contribution in [0.3, 0.4) is 0 Å². The van der Waals surface area contributed by atoms with Crippen molar-refractivity contribution in [3.63, 3.8) is 0 Å². The first-order valence-electron chi connectivity index (χ1n) is 8.36. The van der Waals surface area contributed by atoms with Gasteiger partial charge in [-0.15, -0.1) is 0 Å². The first-order chi connectivity index (χ1) is 12.7. The van der Waals surface area contributed by atoms with Crippen molar-refractivity contribution in [2.24, 2.45) is 0 Å². The maximum absolute atomic E-state index is 12.8. The molecule has 1 aliphatic rings. The Morgan fingerprint density at radius 1 is 1.07 bits per heavy atom. The highest BCUT2D eigenvalue weighted by molar-refractivity contribution is 6.31. The number of likely N-dealkylation sites (N-methyl/N-ethyl adjacent to an activating group) is 1. The van der Waals surface area contributed by atoms with Crippen molar-refractivity contribution in [3.05, 3.63) is 58.6 Å². The van der Waals surface area contributed by atoms with Crippen LogP contribution in [-0.2, 0) is 0 Å². The van der Waals surface area contributed by atoms with E-state index in [9.17, 15) is 9.59 Å². The molecule has 1 heterocycles. The third-order valence-electron chi connectivity index (χ3n) is 4.74. The number of carbonyl (C=O) groups excluding carboxylic acids is 2. The molecular weight excluding hydrogens is 387 g/mol. The Morgan fingerprint density at radius 3 is 2.37 bits per heavy atom. The summed E-state index contributed by atoms with van der Waals surface area (Å²) in [5.74, 6) is 0. The number of benzene rings is 2. The molecule has 1 saturated heterocycles. The second kappa shape index (κ2) is 7.29. The first-order valence-corrected chi connectivity index (χ1v) is 9.11. The van der Waals surface area contributed by atoms with E-state index in [4.69, 9.17) is 23.2 Å². The molecule has 0 spiro atoms. The molecule has 3 rings (SSSR count). The van der Waals surface area contributed by atoms with Crippen LogP contribution in [0.1, 0.15) is 13.8 Å².